The summed E-state index contributed by atoms with van der Waals surface area (Å²) in [4.78, 5) is 23.2. The summed E-state index contributed by atoms with van der Waals surface area (Å²) in [6.45, 7) is 0. The van der Waals surface area contributed by atoms with Crippen molar-refractivity contribution in [3.05, 3.63) is 58.1 Å². The summed E-state index contributed by atoms with van der Waals surface area (Å²) in [5, 5.41) is 10.6. The molecule has 114 valence electrons. The summed E-state index contributed by atoms with van der Waals surface area (Å²) in [6, 6.07) is 10.5. The van der Waals surface area contributed by atoms with Crippen LogP contribution in [0.25, 0.3) is 0 Å². The van der Waals surface area contributed by atoms with Gasteiger partial charge in [-0.15, -0.1) is 11.8 Å². The average molecular weight is 319 g/mol. The maximum absolute atomic E-state index is 12.2. The minimum absolute atomic E-state index is 0.0679. The Labute approximate surface area is 131 Å². The van der Waals surface area contributed by atoms with E-state index in [1.165, 1.54) is 43.1 Å². The molecule has 0 atom stereocenters. The molecule has 0 radical (unpaired) electrons. The molecule has 0 saturated carbocycles. The highest BCUT2D eigenvalue weighted by Gasteiger charge is 2.16. The van der Waals surface area contributed by atoms with Crippen molar-refractivity contribution in [1.82, 2.24) is 0 Å². The Bertz CT molecular complexity index is 700. The van der Waals surface area contributed by atoms with E-state index in [0.717, 1.165) is 4.90 Å². The zero-order valence-electron chi connectivity index (χ0n) is 11.9. The van der Waals surface area contributed by atoms with Crippen LogP contribution in [0.4, 0.5) is 5.69 Å². The SMILES string of the molecule is COc1cc(SC)ccc1C(=O)Oc1ccc([N+](=O)[O-])cc1. The second-order valence-electron chi connectivity index (χ2n) is 4.21. The zero-order valence-corrected chi connectivity index (χ0v) is 12.8. The molecule has 6 nitrogen and oxygen atoms in total. The average Bonchev–Trinajstić information content (AvgIpc) is 2.54. The lowest BCUT2D eigenvalue weighted by atomic mass is 10.2. The lowest BCUT2D eigenvalue weighted by Crippen LogP contribution is -2.10. The molecular formula is C15H13NO5S. The topological polar surface area (TPSA) is 78.7 Å². The predicted molar refractivity (Wildman–Crippen MR) is 82.8 cm³/mol. The van der Waals surface area contributed by atoms with Crippen LogP contribution in [-0.2, 0) is 0 Å². The molecule has 0 aliphatic heterocycles. The number of non-ortho nitro benzene ring substituents is 1. The Hall–Kier alpha value is -2.54. The van der Waals surface area contributed by atoms with Crippen molar-refractivity contribution in [2.24, 2.45) is 0 Å². The third-order valence-corrected chi connectivity index (χ3v) is 3.61. The Morgan fingerprint density at radius 1 is 1.18 bits per heavy atom. The largest absolute Gasteiger partial charge is 0.496 e. The van der Waals surface area contributed by atoms with Crippen molar-refractivity contribution in [3.8, 4) is 11.5 Å². The highest BCUT2D eigenvalue weighted by molar-refractivity contribution is 7.98. The molecule has 0 fully saturated rings. The van der Waals surface area contributed by atoms with E-state index in [1.807, 2.05) is 6.26 Å². The van der Waals surface area contributed by atoms with Gasteiger partial charge >= 0.3 is 5.97 Å². The van der Waals surface area contributed by atoms with Crippen LogP contribution in [0.1, 0.15) is 10.4 Å². The normalized spacial score (nSPS) is 10.1. The summed E-state index contributed by atoms with van der Waals surface area (Å²) in [7, 11) is 1.47. The fraction of sp³-hybridized carbons (Fsp3) is 0.133. The lowest BCUT2D eigenvalue weighted by Gasteiger charge is -2.09. The van der Waals surface area contributed by atoms with Gasteiger partial charge in [-0.1, -0.05) is 0 Å². The fourth-order valence-electron chi connectivity index (χ4n) is 1.77. The summed E-state index contributed by atoms with van der Waals surface area (Å²) < 4.78 is 10.4. The summed E-state index contributed by atoms with van der Waals surface area (Å²) in [6.07, 6.45) is 1.92. The molecular weight excluding hydrogens is 306 g/mol. The van der Waals surface area contributed by atoms with Gasteiger partial charge in [0.25, 0.3) is 5.69 Å². The molecule has 2 aromatic rings. The van der Waals surface area contributed by atoms with Gasteiger partial charge in [-0.2, -0.15) is 0 Å². The second-order valence-corrected chi connectivity index (χ2v) is 5.09. The van der Waals surface area contributed by atoms with Gasteiger partial charge in [-0.3, -0.25) is 10.1 Å². The molecule has 0 aliphatic carbocycles. The van der Waals surface area contributed by atoms with Gasteiger partial charge in [0.05, 0.1) is 12.0 Å². The van der Waals surface area contributed by atoms with Crippen LogP contribution in [0.2, 0.25) is 0 Å². The first kappa shape index (κ1) is 15.8. The van der Waals surface area contributed by atoms with Gasteiger partial charge in [-0.25, -0.2) is 4.79 Å². The highest BCUT2D eigenvalue weighted by atomic mass is 32.2. The van der Waals surface area contributed by atoms with Gasteiger partial charge in [0.15, 0.2) is 0 Å². The van der Waals surface area contributed by atoms with Crippen LogP contribution in [-0.4, -0.2) is 24.3 Å². The number of methoxy groups -OCH3 is 1. The number of hydrogen-bond acceptors (Lipinski definition) is 6. The van der Waals surface area contributed by atoms with Crippen molar-refractivity contribution >= 4 is 23.4 Å². The van der Waals surface area contributed by atoms with Crippen molar-refractivity contribution in [1.29, 1.82) is 0 Å². The van der Waals surface area contributed by atoms with Crippen LogP contribution in [0, 0.1) is 10.1 Å². The van der Waals surface area contributed by atoms with E-state index in [2.05, 4.69) is 0 Å². The molecule has 0 amide bonds. The maximum Gasteiger partial charge on any atom is 0.347 e. The van der Waals surface area contributed by atoms with E-state index in [4.69, 9.17) is 9.47 Å². The van der Waals surface area contributed by atoms with Gasteiger partial charge < -0.3 is 9.47 Å². The number of nitro groups is 1. The molecule has 0 unspecified atom stereocenters. The molecule has 0 N–H and O–H groups in total. The van der Waals surface area contributed by atoms with Crippen molar-refractivity contribution < 1.29 is 19.2 Å². The standard InChI is InChI=1S/C15H13NO5S/c1-20-14-9-12(22-2)7-8-13(14)15(17)21-11-5-3-10(4-6-11)16(18)19/h3-9H,1-2H3. The minimum atomic E-state index is -0.585. The zero-order chi connectivity index (χ0) is 16.1. The molecule has 0 spiro atoms. The van der Waals surface area contributed by atoms with E-state index >= 15 is 0 Å². The molecule has 22 heavy (non-hydrogen) atoms. The second kappa shape index (κ2) is 6.95. The number of benzene rings is 2. The Balaban J connectivity index is 2.20. The molecule has 7 heteroatoms. The Morgan fingerprint density at radius 3 is 2.41 bits per heavy atom. The quantitative estimate of drug-likeness (QED) is 0.276. The summed E-state index contributed by atoms with van der Waals surface area (Å²) >= 11 is 1.53. The van der Waals surface area contributed by atoms with Crippen LogP contribution in [0.15, 0.2) is 47.4 Å². The first-order chi connectivity index (χ1) is 10.5. The molecule has 0 heterocycles. The van der Waals surface area contributed by atoms with E-state index in [-0.39, 0.29) is 11.4 Å². The van der Waals surface area contributed by atoms with E-state index in [1.54, 1.807) is 18.2 Å². The molecule has 2 rings (SSSR count). The number of nitrogens with zero attached hydrogens (tertiary/aromatic N) is 1. The molecule has 0 aliphatic rings. The molecule has 0 bridgehead atoms. The smallest absolute Gasteiger partial charge is 0.347 e. The number of carbonyl (C=O) groups is 1. The molecule has 2 aromatic carbocycles. The third-order valence-electron chi connectivity index (χ3n) is 2.89. The van der Waals surface area contributed by atoms with Crippen molar-refractivity contribution in [3.63, 3.8) is 0 Å². The number of esters is 1. The third kappa shape index (κ3) is 3.56. The van der Waals surface area contributed by atoms with Crippen molar-refractivity contribution in [2.45, 2.75) is 4.90 Å². The van der Waals surface area contributed by atoms with Crippen LogP contribution >= 0.6 is 11.8 Å². The lowest BCUT2D eigenvalue weighted by molar-refractivity contribution is -0.384. The first-order valence-electron chi connectivity index (χ1n) is 6.24. The Morgan fingerprint density at radius 2 is 1.86 bits per heavy atom. The number of nitro benzene ring substituents is 1. The number of thioether (sulfide) groups is 1. The fourth-order valence-corrected chi connectivity index (χ4v) is 2.19. The van der Waals surface area contributed by atoms with Crippen LogP contribution in [0.5, 0.6) is 11.5 Å². The number of ether oxygens (including phenoxy) is 2. The van der Waals surface area contributed by atoms with Crippen molar-refractivity contribution in [2.75, 3.05) is 13.4 Å². The number of hydrogen-bond donors (Lipinski definition) is 0. The van der Waals surface area contributed by atoms with Crippen LogP contribution in [0.3, 0.4) is 0 Å². The van der Waals surface area contributed by atoms with E-state index in [0.29, 0.717) is 11.3 Å². The number of carbonyl (C=O) groups excluding carboxylic acids is 1. The van der Waals surface area contributed by atoms with Gasteiger partial charge in [-0.05, 0) is 36.6 Å². The number of rotatable bonds is 5. The van der Waals surface area contributed by atoms with E-state index in [9.17, 15) is 14.9 Å². The summed E-state index contributed by atoms with van der Waals surface area (Å²) in [5.74, 6) is 0.0590. The highest BCUT2D eigenvalue weighted by Crippen LogP contribution is 2.27. The predicted octanol–water partition coefficient (Wildman–Crippen LogP) is 3.54. The Kier molecular flexibility index (Phi) is 5.00. The molecule has 0 aromatic heterocycles. The van der Waals surface area contributed by atoms with Gasteiger partial charge in [0, 0.05) is 17.0 Å². The molecule has 0 saturated heterocycles. The monoisotopic (exact) mass is 319 g/mol. The minimum Gasteiger partial charge on any atom is -0.496 e. The van der Waals surface area contributed by atoms with Gasteiger partial charge in [0.2, 0.25) is 0 Å². The first-order valence-corrected chi connectivity index (χ1v) is 7.46. The van der Waals surface area contributed by atoms with E-state index < -0.39 is 10.9 Å². The maximum atomic E-state index is 12.2. The van der Waals surface area contributed by atoms with Crippen LogP contribution < -0.4 is 9.47 Å². The van der Waals surface area contributed by atoms with Gasteiger partial charge in [0.1, 0.15) is 17.1 Å². The summed E-state index contributed by atoms with van der Waals surface area (Å²) in [5.41, 5.74) is 0.223.